The summed E-state index contributed by atoms with van der Waals surface area (Å²) >= 11 is 3.04. The molecule has 1 aromatic carbocycles. The molecule has 0 bridgehead atoms. The van der Waals surface area contributed by atoms with E-state index in [1.807, 2.05) is 35.7 Å². The Balaban J connectivity index is 1.44. The number of thiophene rings is 1. The maximum atomic E-state index is 12.8. The molecule has 0 spiro atoms. The number of aromatic nitrogens is 2. The third kappa shape index (κ3) is 3.83. The number of fused-ring (bicyclic) bond motifs is 1. The van der Waals surface area contributed by atoms with E-state index in [0.29, 0.717) is 22.6 Å². The van der Waals surface area contributed by atoms with Gasteiger partial charge in [0, 0.05) is 17.5 Å². The summed E-state index contributed by atoms with van der Waals surface area (Å²) in [7, 11) is 0. The van der Waals surface area contributed by atoms with Crippen LogP contribution in [0.15, 0.2) is 51.7 Å². The molecule has 0 saturated heterocycles. The number of amides is 1. The summed E-state index contributed by atoms with van der Waals surface area (Å²) in [5, 5.41) is 6.26. The van der Waals surface area contributed by atoms with E-state index in [4.69, 9.17) is 0 Å². The molecule has 1 amide bonds. The number of hydrogen-bond donors (Lipinski definition) is 1. The molecule has 0 radical (unpaired) electrons. The molecule has 0 atom stereocenters. The fourth-order valence-corrected chi connectivity index (χ4v) is 4.45. The van der Waals surface area contributed by atoms with E-state index in [0.717, 1.165) is 19.3 Å². The molecule has 134 valence electrons. The van der Waals surface area contributed by atoms with Crippen molar-refractivity contribution < 1.29 is 4.79 Å². The Kier molecular flexibility index (Phi) is 5.08. The van der Waals surface area contributed by atoms with Crippen molar-refractivity contribution in [3.63, 3.8) is 0 Å². The molecule has 4 rings (SSSR count). The highest BCUT2D eigenvalue weighted by Crippen LogP contribution is 2.36. The molecular weight excluding hydrogens is 366 g/mol. The quantitative estimate of drug-likeness (QED) is 0.501. The van der Waals surface area contributed by atoms with Crippen molar-refractivity contribution in [3.8, 4) is 0 Å². The van der Waals surface area contributed by atoms with Gasteiger partial charge in [-0.05, 0) is 42.8 Å². The summed E-state index contributed by atoms with van der Waals surface area (Å²) in [6.07, 6.45) is 2.84. The summed E-state index contributed by atoms with van der Waals surface area (Å²) in [4.78, 5) is 30.8. The lowest BCUT2D eigenvalue weighted by atomic mass is 10.2. The normalized spacial score (nSPS) is 13.8. The summed E-state index contributed by atoms with van der Waals surface area (Å²) in [6, 6.07) is 11.7. The topological polar surface area (TPSA) is 64.0 Å². The molecule has 1 aliphatic carbocycles. The van der Waals surface area contributed by atoms with E-state index in [2.05, 4.69) is 16.4 Å². The lowest BCUT2D eigenvalue weighted by molar-refractivity contribution is -0.118. The second-order valence-electron chi connectivity index (χ2n) is 6.29. The van der Waals surface area contributed by atoms with Gasteiger partial charge in [0.1, 0.15) is 0 Å². The van der Waals surface area contributed by atoms with Gasteiger partial charge in [0.05, 0.1) is 16.7 Å². The van der Waals surface area contributed by atoms with Crippen molar-refractivity contribution >= 4 is 39.9 Å². The Bertz CT molecular complexity index is 978. The number of carbonyl (C=O) groups excluding carboxylic acids is 1. The monoisotopic (exact) mass is 385 g/mol. The van der Waals surface area contributed by atoms with E-state index in [9.17, 15) is 9.59 Å². The molecule has 0 unspecified atom stereocenters. The molecule has 1 fully saturated rings. The van der Waals surface area contributed by atoms with Gasteiger partial charge in [-0.15, -0.1) is 11.3 Å². The zero-order valence-electron chi connectivity index (χ0n) is 14.2. The fourth-order valence-electron chi connectivity index (χ4n) is 2.84. The first-order valence-corrected chi connectivity index (χ1v) is 10.5. The smallest absolute Gasteiger partial charge is 0.262 e. The largest absolute Gasteiger partial charge is 0.355 e. The second-order valence-corrected chi connectivity index (χ2v) is 8.26. The van der Waals surface area contributed by atoms with Crippen LogP contribution in [0.4, 0.5) is 0 Å². The number of carbonyl (C=O) groups is 1. The minimum atomic E-state index is -0.0312. The lowest BCUT2D eigenvalue weighted by Gasteiger charge is -2.12. The summed E-state index contributed by atoms with van der Waals surface area (Å²) < 4.78 is 1.77. The average molecular weight is 386 g/mol. The SMILES string of the molecule is O=C(CSc1nc2ccccc2c(=O)n1C1CC1)NCCc1cccs1. The molecule has 1 aliphatic rings. The van der Waals surface area contributed by atoms with Crippen LogP contribution in [-0.4, -0.2) is 27.8 Å². The highest BCUT2D eigenvalue weighted by molar-refractivity contribution is 7.99. The van der Waals surface area contributed by atoms with Gasteiger partial charge in [-0.3, -0.25) is 14.2 Å². The third-order valence-corrected chi connectivity index (χ3v) is 6.18. The predicted octanol–water partition coefficient (Wildman–Crippen LogP) is 3.24. The number of hydrogen-bond acceptors (Lipinski definition) is 5. The molecule has 3 aromatic rings. The number of nitrogens with zero attached hydrogens (tertiary/aromatic N) is 2. The zero-order valence-corrected chi connectivity index (χ0v) is 15.8. The van der Waals surface area contributed by atoms with E-state index in [-0.39, 0.29) is 23.3 Å². The van der Waals surface area contributed by atoms with Crippen molar-refractivity contribution in [1.82, 2.24) is 14.9 Å². The summed E-state index contributed by atoms with van der Waals surface area (Å²) in [5.74, 6) is 0.235. The second kappa shape index (κ2) is 7.63. The van der Waals surface area contributed by atoms with Crippen LogP contribution in [0.3, 0.4) is 0 Å². The molecule has 26 heavy (non-hydrogen) atoms. The summed E-state index contributed by atoms with van der Waals surface area (Å²) in [5.41, 5.74) is 0.689. The Hall–Kier alpha value is -2.12. The van der Waals surface area contributed by atoms with Gasteiger partial charge in [0.15, 0.2) is 5.16 Å². The summed E-state index contributed by atoms with van der Waals surface area (Å²) in [6.45, 7) is 0.625. The van der Waals surface area contributed by atoms with Gasteiger partial charge in [-0.25, -0.2) is 4.98 Å². The molecule has 1 N–H and O–H groups in total. The van der Waals surface area contributed by atoms with Crippen molar-refractivity contribution in [2.45, 2.75) is 30.5 Å². The predicted molar refractivity (Wildman–Crippen MR) is 106 cm³/mol. The molecule has 1 saturated carbocycles. The van der Waals surface area contributed by atoms with Crippen LogP contribution in [0.2, 0.25) is 0 Å². The third-order valence-electron chi connectivity index (χ3n) is 4.29. The Morgan fingerprint density at radius 1 is 1.27 bits per heavy atom. The molecule has 0 aliphatic heterocycles. The number of nitrogens with one attached hydrogen (secondary N) is 1. The standard InChI is InChI=1S/C19H19N3O2S2/c23-17(20-10-9-14-4-3-11-25-14)12-26-19-21-16-6-2-1-5-15(16)18(24)22(19)13-7-8-13/h1-6,11,13H,7-10,12H2,(H,20,23). The Labute approximate surface area is 159 Å². The Morgan fingerprint density at radius 3 is 2.88 bits per heavy atom. The minimum Gasteiger partial charge on any atom is -0.355 e. The first kappa shape index (κ1) is 17.3. The zero-order chi connectivity index (χ0) is 17.9. The highest BCUT2D eigenvalue weighted by Gasteiger charge is 2.28. The molecular formula is C19H19N3O2S2. The van der Waals surface area contributed by atoms with Gasteiger partial charge in [-0.1, -0.05) is 30.0 Å². The van der Waals surface area contributed by atoms with Crippen LogP contribution in [0.25, 0.3) is 10.9 Å². The van der Waals surface area contributed by atoms with Gasteiger partial charge in [0.2, 0.25) is 5.91 Å². The minimum absolute atomic E-state index is 0.00120. The highest BCUT2D eigenvalue weighted by atomic mass is 32.2. The van der Waals surface area contributed by atoms with Crippen molar-refractivity contribution in [1.29, 1.82) is 0 Å². The van der Waals surface area contributed by atoms with Crippen molar-refractivity contribution in [2.24, 2.45) is 0 Å². The number of benzene rings is 1. The lowest BCUT2D eigenvalue weighted by Crippen LogP contribution is -2.28. The first-order chi connectivity index (χ1) is 12.7. The van der Waals surface area contributed by atoms with Crippen LogP contribution in [0.1, 0.15) is 23.8 Å². The molecule has 2 heterocycles. The molecule has 2 aromatic heterocycles. The van der Waals surface area contributed by atoms with Crippen LogP contribution in [0, 0.1) is 0 Å². The van der Waals surface area contributed by atoms with Crippen molar-refractivity contribution in [3.05, 3.63) is 57.0 Å². The van der Waals surface area contributed by atoms with E-state index in [1.54, 1.807) is 15.9 Å². The first-order valence-electron chi connectivity index (χ1n) is 8.65. The maximum Gasteiger partial charge on any atom is 0.262 e. The van der Waals surface area contributed by atoms with Gasteiger partial charge in [0.25, 0.3) is 5.56 Å². The number of para-hydroxylation sites is 1. The molecule has 5 nitrogen and oxygen atoms in total. The van der Waals surface area contributed by atoms with Gasteiger partial charge in [-0.2, -0.15) is 0 Å². The van der Waals surface area contributed by atoms with E-state index >= 15 is 0 Å². The maximum absolute atomic E-state index is 12.8. The van der Waals surface area contributed by atoms with Crippen molar-refractivity contribution in [2.75, 3.05) is 12.3 Å². The van der Waals surface area contributed by atoms with Crippen LogP contribution < -0.4 is 10.9 Å². The fraction of sp³-hybridized carbons (Fsp3) is 0.316. The number of thioether (sulfide) groups is 1. The van der Waals surface area contributed by atoms with Gasteiger partial charge >= 0.3 is 0 Å². The van der Waals surface area contributed by atoms with Gasteiger partial charge < -0.3 is 5.32 Å². The number of rotatable bonds is 7. The van der Waals surface area contributed by atoms with E-state index in [1.165, 1.54) is 16.6 Å². The van der Waals surface area contributed by atoms with Crippen LogP contribution in [-0.2, 0) is 11.2 Å². The van der Waals surface area contributed by atoms with E-state index < -0.39 is 0 Å². The van der Waals surface area contributed by atoms with Crippen LogP contribution >= 0.6 is 23.1 Å². The van der Waals surface area contributed by atoms with Crippen LogP contribution in [0.5, 0.6) is 0 Å². The Morgan fingerprint density at radius 2 is 2.12 bits per heavy atom. The average Bonchev–Trinajstić information content (AvgIpc) is 3.35. The molecule has 7 heteroatoms.